The van der Waals surface area contributed by atoms with E-state index in [1.807, 2.05) is 6.20 Å². The van der Waals surface area contributed by atoms with Crippen molar-refractivity contribution in [2.75, 3.05) is 19.6 Å². The molecule has 26 heavy (non-hydrogen) atoms. The molecule has 1 atom stereocenters. The molecule has 1 aliphatic rings. The summed E-state index contributed by atoms with van der Waals surface area (Å²) in [5.74, 6) is 0. The summed E-state index contributed by atoms with van der Waals surface area (Å²) in [7, 11) is 0. The molecule has 4 rings (SSSR count). The number of benzene rings is 1. The van der Waals surface area contributed by atoms with Gasteiger partial charge in [-0.3, -0.25) is 10.00 Å². The van der Waals surface area contributed by atoms with Gasteiger partial charge in [0.15, 0.2) is 0 Å². The fraction of sp³-hybridized carbons (Fsp3) is 0.350. The van der Waals surface area contributed by atoms with Crippen molar-refractivity contribution >= 4 is 11.3 Å². The number of aliphatic hydroxyl groups is 1. The van der Waals surface area contributed by atoms with Crippen molar-refractivity contribution in [1.82, 2.24) is 20.4 Å². The number of aliphatic hydroxyl groups excluding tert-OH is 1. The first kappa shape index (κ1) is 17.4. The van der Waals surface area contributed by atoms with Crippen LogP contribution in [-0.2, 0) is 19.5 Å². The van der Waals surface area contributed by atoms with Crippen molar-refractivity contribution in [1.29, 1.82) is 0 Å². The first-order valence-electron chi connectivity index (χ1n) is 9.02. The van der Waals surface area contributed by atoms with Crippen LogP contribution < -0.4 is 5.32 Å². The molecule has 3 aromatic rings. The molecule has 1 aliphatic heterocycles. The van der Waals surface area contributed by atoms with Crippen molar-refractivity contribution < 1.29 is 5.11 Å². The van der Waals surface area contributed by atoms with Gasteiger partial charge in [-0.15, -0.1) is 0 Å². The minimum Gasteiger partial charge on any atom is -0.390 e. The van der Waals surface area contributed by atoms with E-state index in [4.69, 9.17) is 0 Å². The van der Waals surface area contributed by atoms with E-state index in [0.717, 1.165) is 36.3 Å². The van der Waals surface area contributed by atoms with E-state index in [9.17, 15) is 5.11 Å². The molecule has 3 N–H and O–H groups in total. The molecule has 1 unspecified atom stereocenters. The minimum atomic E-state index is -0.378. The number of thiophene rings is 1. The number of aromatic amines is 1. The van der Waals surface area contributed by atoms with Gasteiger partial charge in [-0.05, 0) is 29.0 Å². The Labute approximate surface area is 157 Å². The summed E-state index contributed by atoms with van der Waals surface area (Å²) in [4.78, 5) is 2.34. The molecule has 0 spiro atoms. The Morgan fingerprint density at radius 2 is 2.15 bits per heavy atom. The third-order valence-electron chi connectivity index (χ3n) is 4.90. The second-order valence-electron chi connectivity index (χ2n) is 6.82. The first-order valence-corrected chi connectivity index (χ1v) is 9.96. The molecule has 2 aromatic heterocycles. The molecular weight excluding hydrogens is 344 g/mol. The van der Waals surface area contributed by atoms with Gasteiger partial charge in [0, 0.05) is 49.2 Å². The number of fused-ring (bicyclic) bond motifs is 1. The van der Waals surface area contributed by atoms with Crippen molar-refractivity contribution in [2.24, 2.45) is 0 Å². The summed E-state index contributed by atoms with van der Waals surface area (Å²) in [5, 5.41) is 25.2. The highest BCUT2D eigenvalue weighted by Gasteiger charge is 2.18. The standard InChI is InChI=1S/C20H24N4OS/c25-19(13-24-7-5-15-3-1-2-4-16(15)12-24)11-21-9-18-10-22-23-20(18)17-6-8-26-14-17/h1-4,6,8,10,14,19,21,25H,5,7,9,11-13H2,(H,22,23). The van der Waals surface area contributed by atoms with Gasteiger partial charge in [0.1, 0.15) is 0 Å². The van der Waals surface area contributed by atoms with E-state index in [1.165, 1.54) is 11.1 Å². The van der Waals surface area contributed by atoms with Crippen LogP contribution in [0.3, 0.4) is 0 Å². The second-order valence-corrected chi connectivity index (χ2v) is 7.60. The van der Waals surface area contributed by atoms with Gasteiger partial charge in [-0.1, -0.05) is 24.3 Å². The van der Waals surface area contributed by atoms with E-state index in [-0.39, 0.29) is 6.10 Å². The molecule has 6 heteroatoms. The lowest BCUT2D eigenvalue weighted by atomic mass is 10.00. The number of hydrogen-bond acceptors (Lipinski definition) is 5. The van der Waals surface area contributed by atoms with Crippen molar-refractivity contribution in [2.45, 2.75) is 25.6 Å². The Kier molecular flexibility index (Phi) is 5.45. The van der Waals surface area contributed by atoms with Crippen LogP contribution in [0.5, 0.6) is 0 Å². The third kappa shape index (κ3) is 4.04. The van der Waals surface area contributed by atoms with E-state index in [1.54, 1.807) is 11.3 Å². The molecule has 0 radical (unpaired) electrons. The highest BCUT2D eigenvalue weighted by atomic mass is 32.1. The van der Waals surface area contributed by atoms with Gasteiger partial charge in [-0.2, -0.15) is 16.4 Å². The van der Waals surface area contributed by atoms with E-state index in [2.05, 4.69) is 61.5 Å². The molecule has 0 saturated carbocycles. The molecule has 0 fully saturated rings. The van der Waals surface area contributed by atoms with Gasteiger partial charge in [0.2, 0.25) is 0 Å². The van der Waals surface area contributed by atoms with Crippen LogP contribution in [0.2, 0.25) is 0 Å². The number of rotatable bonds is 7. The van der Waals surface area contributed by atoms with E-state index < -0.39 is 0 Å². The van der Waals surface area contributed by atoms with Crippen LogP contribution in [0.25, 0.3) is 11.3 Å². The summed E-state index contributed by atoms with van der Waals surface area (Å²) >= 11 is 1.68. The summed E-state index contributed by atoms with van der Waals surface area (Å²) in [6, 6.07) is 10.7. The molecule has 0 aliphatic carbocycles. The predicted octanol–water partition coefficient (Wildman–Crippen LogP) is 2.65. The number of nitrogens with zero attached hydrogens (tertiary/aromatic N) is 2. The van der Waals surface area contributed by atoms with Crippen LogP contribution >= 0.6 is 11.3 Å². The van der Waals surface area contributed by atoms with Crippen LogP contribution in [0.1, 0.15) is 16.7 Å². The molecule has 0 bridgehead atoms. The van der Waals surface area contributed by atoms with Gasteiger partial charge >= 0.3 is 0 Å². The molecule has 1 aromatic carbocycles. The number of H-pyrrole nitrogens is 1. The minimum absolute atomic E-state index is 0.378. The Hall–Kier alpha value is -1.99. The van der Waals surface area contributed by atoms with Crippen molar-refractivity contribution in [3.63, 3.8) is 0 Å². The maximum absolute atomic E-state index is 10.4. The fourth-order valence-electron chi connectivity index (χ4n) is 3.55. The number of nitrogens with one attached hydrogen (secondary N) is 2. The summed E-state index contributed by atoms with van der Waals surface area (Å²) in [5.41, 5.74) is 6.18. The Morgan fingerprint density at radius 1 is 1.27 bits per heavy atom. The zero-order valence-corrected chi connectivity index (χ0v) is 15.5. The van der Waals surface area contributed by atoms with Gasteiger partial charge < -0.3 is 10.4 Å². The molecule has 136 valence electrons. The van der Waals surface area contributed by atoms with Crippen LogP contribution in [-0.4, -0.2) is 45.9 Å². The number of hydrogen-bond donors (Lipinski definition) is 3. The molecule has 0 saturated heterocycles. The molecule has 3 heterocycles. The molecule has 0 amide bonds. The van der Waals surface area contributed by atoms with Crippen LogP contribution in [0.15, 0.2) is 47.3 Å². The molecule has 5 nitrogen and oxygen atoms in total. The normalized spacial score (nSPS) is 15.7. The monoisotopic (exact) mass is 368 g/mol. The first-order chi connectivity index (χ1) is 12.8. The van der Waals surface area contributed by atoms with E-state index >= 15 is 0 Å². The average Bonchev–Trinajstić information content (AvgIpc) is 3.33. The Balaban J connectivity index is 1.25. The Morgan fingerprint density at radius 3 is 3.00 bits per heavy atom. The summed E-state index contributed by atoms with van der Waals surface area (Å²) < 4.78 is 0. The van der Waals surface area contributed by atoms with Gasteiger partial charge in [-0.25, -0.2) is 0 Å². The largest absolute Gasteiger partial charge is 0.390 e. The maximum atomic E-state index is 10.4. The molecular formula is C20H24N4OS. The van der Waals surface area contributed by atoms with Crippen molar-refractivity contribution in [3.8, 4) is 11.3 Å². The maximum Gasteiger partial charge on any atom is 0.0791 e. The van der Waals surface area contributed by atoms with Crippen LogP contribution in [0.4, 0.5) is 0 Å². The lowest BCUT2D eigenvalue weighted by molar-refractivity contribution is 0.104. The second kappa shape index (κ2) is 8.14. The zero-order valence-electron chi connectivity index (χ0n) is 14.7. The quantitative estimate of drug-likeness (QED) is 0.600. The summed E-state index contributed by atoms with van der Waals surface area (Å²) in [6.45, 7) is 3.91. The summed E-state index contributed by atoms with van der Waals surface area (Å²) in [6.07, 6.45) is 2.54. The topological polar surface area (TPSA) is 64.2 Å². The predicted molar refractivity (Wildman–Crippen MR) is 105 cm³/mol. The zero-order chi connectivity index (χ0) is 17.8. The fourth-order valence-corrected chi connectivity index (χ4v) is 4.19. The highest BCUT2D eigenvalue weighted by Crippen LogP contribution is 2.23. The highest BCUT2D eigenvalue weighted by molar-refractivity contribution is 7.08. The lowest BCUT2D eigenvalue weighted by Crippen LogP contribution is -2.40. The number of aromatic nitrogens is 2. The average molecular weight is 369 g/mol. The smallest absolute Gasteiger partial charge is 0.0791 e. The number of β-amino-alcohol motifs (C(OH)–C–C–N with tert-alkyl or cyclic N) is 1. The SMILES string of the molecule is OC(CNCc1cn[nH]c1-c1ccsc1)CN1CCc2ccccc2C1. The van der Waals surface area contributed by atoms with Crippen LogP contribution in [0, 0.1) is 0 Å². The van der Waals surface area contributed by atoms with Gasteiger partial charge in [0.25, 0.3) is 0 Å². The Bertz CT molecular complexity index is 830. The van der Waals surface area contributed by atoms with Crippen molar-refractivity contribution in [3.05, 3.63) is 64.0 Å². The third-order valence-corrected chi connectivity index (χ3v) is 5.59. The van der Waals surface area contributed by atoms with Gasteiger partial charge in [0.05, 0.1) is 18.0 Å². The lowest BCUT2D eigenvalue weighted by Gasteiger charge is -2.30. The van der Waals surface area contributed by atoms with E-state index in [0.29, 0.717) is 19.6 Å².